The number of aromatic nitrogens is 2. The fraction of sp³-hybridized carbons (Fsp3) is 0.286. The Morgan fingerprint density at radius 3 is 2.61 bits per heavy atom. The van der Waals surface area contributed by atoms with Crippen molar-refractivity contribution in [1.29, 1.82) is 0 Å². The van der Waals surface area contributed by atoms with E-state index >= 15 is 0 Å². The molecule has 0 radical (unpaired) electrons. The molecule has 0 spiro atoms. The van der Waals surface area contributed by atoms with Gasteiger partial charge in [0.2, 0.25) is 0 Å². The van der Waals surface area contributed by atoms with Crippen molar-refractivity contribution in [2.45, 2.75) is 20.0 Å². The zero-order chi connectivity index (χ0) is 13.1. The Kier molecular flexibility index (Phi) is 3.46. The van der Waals surface area contributed by atoms with Crippen LogP contribution >= 0.6 is 0 Å². The van der Waals surface area contributed by atoms with Crippen LogP contribution in [0.15, 0.2) is 36.9 Å². The molecule has 4 nitrogen and oxygen atoms in total. The molecule has 18 heavy (non-hydrogen) atoms. The van der Waals surface area contributed by atoms with E-state index in [0.29, 0.717) is 0 Å². The van der Waals surface area contributed by atoms with E-state index in [-0.39, 0.29) is 12.1 Å². The van der Waals surface area contributed by atoms with Crippen molar-refractivity contribution in [3.8, 4) is 11.1 Å². The van der Waals surface area contributed by atoms with Gasteiger partial charge in [0.1, 0.15) is 6.10 Å². The SMILES string of the molecule is CC(=O)OC(C)c1cn(C)cc1-c1ccncc1. The predicted octanol–water partition coefficient (Wildman–Crippen LogP) is 2.71. The standard InChI is InChI=1S/C14H16N2O2/c1-10(18-11(2)17)13-8-16(3)9-14(13)12-4-6-15-7-5-12/h4-10H,1-3H3. The zero-order valence-corrected chi connectivity index (χ0v) is 10.8. The van der Waals surface area contributed by atoms with E-state index in [0.717, 1.165) is 16.7 Å². The molecule has 0 aliphatic heterocycles. The maximum Gasteiger partial charge on any atom is 0.303 e. The van der Waals surface area contributed by atoms with Gasteiger partial charge in [-0.05, 0) is 24.6 Å². The average molecular weight is 244 g/mol. The van der Waals surface area contributed by atoms with Gasteiger partial charge >= 0.3 is 5.97 Å². The lowest BCUT2D eigenvalue weighted by Gasteiger charge is -2.12. The molecule has 2 heterocycles. The smallest absolute Gasteiger partial charge is 0.303 e. The summed E-state index contributed by atoms with van der Waals surface area (Å²) in [5.74, 6) is -0.271. The minimum absolute atomic E-state index is 0.258. The number of hydrogen-bond acceptors (Lipinski definition) is 3. The molecule has 1 unspecified atom stereocenters. The fourth-order valence-corrected chi connectivity index (χ4v) is 2.01. The Morgan fingerprint density at radius 1 is 1.33 bits per heavy atom. The van der Waals surface area contributed by atoms with Crippen molar-refractivity contribution in [2.24, 2.45) is 7.05 Å². The maximum absolute atomic E-state index is 11.0. The number of pyridine rings is 1. The largest absolute Gasteiger partial charge is 0.458 e. The number of aryl methyl sites for hydroxylation is 1. The third-order valence-electron chi connectivity index (χ3n) is 2.76. The first-order valence-electron chi connectivity index (χ1n) is 5.81. The van der Waals surface area contributed by atoms with E-state index in [1.807, 2.05) is 43.1 Å². The highest BCUT2D eigenvalue weighted by Gasteiger charge is 2.16. The van der Waals surface area contributed by atoms with Crippen molar-refractivity contribution in [3.63, 3.8) is 0 Å². The summed E-state index contributed by atoms with van der Waals surface area (Å²) in [6.07, 6.45) is 7.24. The summed E-state index contributed by atoms with van der Waals surface area (Å²) in [5.41, 5.74) is 3.13. The minimum Gasteiger partial charge on any atom is -0.458 e. The van der Waals surface area contributed by atoms with Gasteiger partial charge in [-0.25, -0.2) is 0 Å². The molecule has 2 aromatic rings. The second-order valence-electron chi connectivity index (χ2n) is 4.28. The molecule has 94 valence electrons. The van der Waals surface area contributed by atoms with Gasteiger partial charge in [-0.3, -0.25) is 9.78 Å². The Balaban J connectivity index is 2.40. The van der Waals surface area contributed by atoms with E-state index in [4.69, 9.17) is 4.74 Å². The number of carbonyl (C=O) groups excluding carboxylic acids is 1. The first kappa shape index (κ1) is 12.4. The quantitative estimate of drug-likeness (QED) is 0.780. The van der Waals surface area contributed by atoms with Crippen LogP contribution in [0.1, 0.15) is 25.5 Å². The third kappa shape index (κ3) is 2.59. The minimum atomic E-state index is -0.271. The highest BCUT2D eigenvalue weighted by Crippen LogP contribution is 2.30. The molecular formula is C14H16N2O2. The summed E-state index contributed by atoms with van der Waals surface area (Å²) in [7, 11) is 1.95. The van der Waals surface area contributed by atoms with Crippen LogP contribution in [0.4, 0.5) is 0 Å². The van der Waals surface area contributed by atoms with E-state index in [2.05, 4.69) is 4.98 Å². The number of rotatable bonds is 3. The van der Waals surface area contributed by atoms with Gasteiger partial charge in [-0.2, -0.15) is 0 Å². The summed E-state index contributed by atoms with van der Waals surface area (Å²) in [4.78, 5) is 15.1. The topological polar surface area (TPSA) is 44.1 Å². The van der Waals surface area contributed by atoms with Gasteiger partial charge in [-0.15, -0.1) is 0 Å². The van der Waals surface area contributed by atoms with Crippen molar-refractivity contribution in [2.75, 3.05) is 0 Å². The molecule has 0 amide bonds. The molecule has 2 rings (SSSR count). The van der Waals surface area contributed by atoms with Crippen molar-refractivity contribution in [1.82, 2.24) is 9.55 Å². The second kappa shape index (κ2) is 5.04. The Morgan fingerprint density at radius 2 is 2.00 bits per heavy atom. The van der Waals surface area contributed by atoms with Crippen LogP contribution in [0.25, 0.3) is 11.1 Å². The maximum atomic E-state index is 11.0. The second-order valence-corrected chi connectivity index (χ2v) is 4.28. The summed E-state index contributed by atoms with van der Waals surface area (Å²) in [6.45, 7) is 3.30. The Bertz CT molecular complexity index is 546. The van der Waals surface area contributed by atoms with E-state index in [1.165, 1.54) is 6.92 Å². The lowest BCUT2D eigenvalue weighted by molar-refractivity contribution is -0.145. The van der Waals surface area contributed by atoms with E-state index in [1.54, 1.807) is 12.4 Å². The zero-order valence-electron chi connectivity index (χ0n) is 10.8. The van der Waals surface area contributed by atoms with Crippen LogP contribution in [0, 0.1) is 0 Å². The Hall–Kier alpha value is -2.10. The molecule has 4 heteroatoms. The number of ether oxygens (including phenoxy) is 1. The third-order valence-corrected chi connectivity index (χ3v) is 2.76. The number of hydrogen-bond donors (Lipinski definition) is 0. The normalized spacial score (nSPS) is 12.2. The first-order chi connectivity index (χ1) is 8.58. The molecule has 0 fully saturated rings. The van der Waals surface area contributed by atoms with Gasteiger partial charge in [0, 0.05) is 49.9 Å². The van der Waals surface area contributed by atoms with Crippen molar-refractivity contribution < 1.29 is 9.53 Å². The Labute approximate surface area is 106 Å². The summed E-state index contributed by atoms with van der Waals surface area (Å²) < 4.78 is 7.21. The van der Waals surface area contributed by atoms with E-state index in [9.17, 15) is 4.79 Å². The van der Waals surface area contributed by atoms with Crippen molar-refractivity contribution in [3.05, 3.63) is 42.5 Å². The number of esters is 1. The van der Waals surface area contributed by atoms with Gasteiger partial charge < -0.3 is 9.30 Å². The highest BCUT2D eigenvalue weighted by atomic mass is 16.5. The lowest BCUT2D eigenvalue weighted by atomic mass is 10.0. The van der Waals surface area contributed by atoms with Crippen LogP contribution in [-0.2, 0) is 16.6 Å². The molecule has 0 N–H and O–H groups in total. The van der Waals surface area contributed by atoms with Crippen LogP contribution in [0.2, 0.25) is 0 Å². The van der Waals surface area contributed by atoms with Crippen LogP contribution in [-0.4, -0.2) is 15.5 Å². The van der Waals surface area contributed by atoms with Crippen LogP contribution in [0.5, 0.6) is 0 Å². The lowest BCUT2D eigenvalue weighted by Crippen LogP contribution is -2.05. The molecule has 0 aromatic carbocycles. The van der Waals surface area contributed by atoms with Crippen LogP contribution in [0.3, 0.4) is 0 Å². The predicted molar refractivity (Wildman–Crippen MR) is 68.8 cm³/mol. The molecular weight excluding hydrogens is 228 g/mol. The van der Waals surface area contributed by atoms with Gasteiger partial charge in [0.15, 0.2) is 0 Å². The summed E-state index contributed by atoms with van der Waals surface area (Å²) in [6, 6.07) is 3.89. The first-order valence-corrected chi connectivity index (χ1v) is 5.81. The molecule has 2 aromatic heterocycles. The molecule has 0 bridgehead atoms. The number of nitrogens with zero attached hydrogens (tertiary/aromatic N) is 2. The van der Waals surface area contributed by atoms with E-state index < -0.39 is 0 Å². The average Bonchev–Trinajstić information content (AvgIpc) is 2.72. The van der Waals surface area contributed by atoms with Crippen LogP contribution < -0.4 is 0 Å². The molecule has 0 aliphatic rings. The monoisotopic (exact) mass is 244 g/mol. The highest BCUT2D eigenvalue weighted by molar-refractivity contribution is 5.69. The van der Waals surface area contributed by atoms with Gasteiger partial charge in [0.25, 0.3) is 0 Å². The molecule has 0 aliphatic carbocycles. The number of carbonyl (C=O) groups is 1. The molecule has 0 saturated carbocycles. The molecule has 1 atom stereocenters. The summed E-state index contributed by atoms with van der Waals surface area (Å²) >= 11 is 0. The fourth-order valence-electron chi connectivity index (χ4n) is 2.01. The van der Waals surface area contributed by atoms with Crippen molar-refractivity contribution >= 4 is 5.97 Å². The van der Waals surface area contributed by atoms with Gasteiger partial charge in [0.05, 0.1) is 0 Å². The molecule has 0 saturated heterocycles. The van der Waals surface area contributed by atoms with Gasteiger partial charge in [-0.1, -0.05) is 0 Å². The summed E-state index contributed by atoms with van der Waals surface area (Å²) in [5, 5.41) is 0.